The number of rotatable bonds is 1. The van der Waals surface area contributed by atoms with E-state index in [-0.39, 0.29) is 5.75 Å². The topological polar surface area (TPSA) is 66.2 Å². The lowest BCUT2D eigenvalue weighted by atomic mass is 10.2. The smallest absolute Gasteiger partial charge is 0.248 e. The summed E-state index contributed by atoms with van der Waals surface area (Å²) in [5.74, 6) is -0.634. The van der Waals surface area contributed by atoms with Gasteiger partial charge in [-0.05, 0) is 0 Å². The first-order chi connectivity index (χ1) is 4.70. The van der Waals surface area contributed by atoms with Gasteiger partial charge >= 0.3 is 0 Å². The van der Waals surface area contributed by atoms with E-state index < -0.39 is 5.91 Å². The quantitative estimate of drug-likeness (QED) is 0.583. The van der Waals surface area contributed by atoms with Crippen LogP contribution in [0, 0.1) is 0 Å². The molecular weight excluding hydrogens is 130 g/mol. The Labute approximate surface area is 58.1 Å². The molecular formula is C7H6NO2-. The predicted molar refractivity (Wildman–Crippen MR) is 34.4 cm³/mol. The molecule has 0 radical (unpaired) electrons. The van der Waals surface area contributed by atoms with E-state index in [1.54, 1.807) is 0 Å². The van der Waals surface area contributed by atoms with Crippen LogP contribution in [0.3, 0.4) is 0 Å². The first-order valence-corrected chi connectivity index (χ1v) is 2.77. The summed E-state index contributed by atoms with van der Waals surface area (Å²) in [5.41, 5.74) is 5.28. The average Bonchev–Trinajstić information content (AvgIpc) is 1.88. The molecule has 10 heavy (non-hydrogen) atoms. The number of nitrogens with two attached hydrogens (primary N) is 1. The largest absolute Gasteiger partial charge is 0.872 e. The van der Waals surface area contributed by atoms with Crippen molar-refractivity contribution in [3.05, 3.63) is 29.8 Å². The third-order valence-corrected chi connectivity index (χ3v) is 1.14. The molecule has 0 heterocycles. The van der Waals surface area contributed by atoms with Gasteiger partial charge in [-0.1, -0.05) is 24.3 Å². The lowest BCUT2D eigenvalue weighted by molar-refractivity contribution is -0.268. The molecule has 0 atom stereocenters. The fourth-order valence-corrected chi connectivity index (χ4v) is 0.619. The highest BCUT2D eigenvalue weighted by atomic mass is 16.3. The molecule has 0 aliphatic heterocycles. The maximum atomic E-state index is 10.5. The summed E-state index contributed by atoms with van der Waals surface area (Å²) in [5, 5.41) is 10.5. The van der Waals surface area contributed by atoms with Crippen molar-refractivity contribution in [3.8, 4) is 5.75 Å². The predicted octanol–water partition coefficient (Wildman–Crippen LogP) is -0.141. The van der Waals surface area contributed by atoms with Gasteiger partial charge in [-0.25, -0.2) is 0 Å². The molecule has 0 saturated carbocycles. The van der Waals surface area contributed by atoms with Crippen molar-refractivity contribution in [3.63, 3.8) is 0 Å². The van der Waals surface area contributed by atoms with E-state index in [4.69, 9.17) is 5.73 Å². The second-order valence-electron chi connectivity index (χ2n) is 1.89. The zero-order valence-electron chi connectivity index (χ0n) is 5.20. The maximum Gasteiger partial charge on any atom is 0.248 e. The SMILES string of the molecule is NC(=O)c1ccc([O-])cc1. The summed E-state index contributed by atoms with van der Waals surface area (Å²) in [6.07, 6.45) is 0. The normalized spacial score (nSPS) is 9.20. The van der Waals surface area contributed by atoms with Crippen molar-refractivity contribution >= 4 is 5.91 Å². The Morgan fingerprint density at radius 2 is 1.80 bits per heavy atom. The van der Waals surface area contributed by atoms with Crippen LogP contribution in [0.15, 0.2) is 24.3 Å². The molecule has 0 aliphatic carbocycles. The minimum atomic E-state index is -0.514. The molecule has 0 aromatic heterocycles. The van der Waals surface area contributed by atoms with E-state index in [9.17, 15) is 9.90 Å². The number of carbonyl (C=O) groups is 1. The first-order valence-electron chi connectivity index (χ1n) is 2.77. The summed E-state index contributed by atoms with van der Waals surface area (Å²) in [7, 11) is 0. The Kier molecular flexibility index (Phi) is 1.58. The summed E-state index contributed by atoms with van der Waals surface area (Å²) >= 11 is 0. The number of hydrogen-bond donors (Lipinski definition) is 1. The van der Waals surface area contributed by atoms with Gasteiger partial charge in [0.2, 0.25) is 5.91 Å². The third-order valence-electron chi connectivity index (χ3n) is 1.14. The van der Waals surface area contributed by atoms with Crippen molar-refractivity contribution in [2.45, 2.75) is 0 Å². The van der Waals surface area contributed by atoms with Crippen LogP contribution >= 0.6 is 0 Å². The van der Waals surface area contributed by atoms with Gasteiger partial charge in [0.15, 0.2) is 0 Å². The zero-order valence-corrected chi connectivity index (χ0v) is 5.20. The van der Waals surface area contributed by atoms with E-state index in [0.717, 1.165) is 0 Å². The number of amides is 1. The van der Waals surface area contributed by atoms with Gasteiger partial charge in [0.1, 0.15) is 0 Å². The van der Waals surface area contributed by atoms with Crippen molar-refractivity contribution in [2.24, 2.45) is 5.73 Å². The Hall–Kier alpha value is -1.51. The minimum Gasteiger partial charge on any atom is -0.872 e. The van der Waals surface area contributed by atoms with Crippen LogP contribution in [-0.4, -0.2) is 5.91 Å². The van der Waals surface area contributed by atoms with Gasteiger partial charge in [0.05, 0.1) is 0 Å². The second-order valence-corrected chi connectivity index (χ2v) is 1.89. The zero-order chi connectivity index (χ0) is 7.56. The van der Waals surface area contributed by atoms with Crippen molar-refractivity contribution in [1.82, 2.24) is 0 Å². The van der Waals surface area contributed by atoms with Gasteiger partial charge in [-0.2, -0.15) is 0 Å². The molecule has 3 heteroatoms. The molecule has 0 aliphatic rings. The van der Waals surface area contributed by atoms with E-state index in [2.05, 4.69) is 0 Å². The van der Waals surface area contributed by atoms with Crippen LogP contribution in [-0.2, 0) is 0 Å². The van der Waals surface area contributed by atoms with Crippen LogP contribution in [0.5, 0.6) is 5.75 Å². The monoisotopic (exact) mass is 136 g/mol. The lowest BCUT2D eigenvalue weighted by Crippen LogP contribution is -2.10. The van der Waals surface area contributed by atoms with E-state index in [1.807, 2.05) is 0 Å². The van der Waals surface area contributed by atoms with Crippen molar-refractivity contribution in [1.29, 1.82) is 0 Å². The fraction of sp³-hybridized carbons (Fsp3) is 0. The minimum absolute atomic E-state index is 0.120. The standard InChI is InChI=1S/C7H7NO2/c8-7(10)5-1-3-6(9)4-2-5/h1-4,9H,(H2,8,10)/p-1. The Morgan fingerprint density at radius 3 is 2.20 bits per heavy atom. The van der Waals surface area contributed by atoms with Gasteiger partial charge < -0.3 is 10.8 Å². The Morgan fingerprint density at radius 1 is 1.30 bits per heavy atom. The van der Waals surface area contributed by atoms with Crippen LogP contribution in [0.1, 0.15) is 10.4 Å². The maximum absolute atomic E-state index is 10.5. The van der Waals surface area contributed by atoms with Gasteiger partial charge in [0, 0.05) is 5.56 Å². The first kappa shape index (κ1) is 6.61. The molecule has 0 saturated heterocycles. The van der Waals surface area contributed by atoms with Crippen LogP contribution in [0.25, 0.3) is 0 Å². The van der Waals surface area contributed by atoms with Gasteiger partial charge in [-0.3, -0.25) is 4.79 Å². The molecule has 3 nitrogen and oxygen atoms in total. The lowest BCUT2D eigenvalue weighted by Gasteiger charge is -2.02. The number of carbonyl (C=O) groups excluding carboxylic acids is 1. The number of primary amides is 1. The molecule has 2 N–H and O–H groups in total. The second kappa shape index (κ2) is 2.39. The number of hydrogen-bond acceptors (Lipinski definition) is 2. The average molecular weight is 136 g/mol. The highest BCUT2D eigenvalue weighted by Gasteiger charge is 1.94. The fourth-order valence-electron chi connectivity index (χ4n) is 0.619. The van der Waals surface area contributed by atoms with E-state index in [0.29, 0.717) is 5.56 Å². The van der Waals surface area contributed by atoms with Crippen molar-refractivity contribution < 1.29 is 9.90 Å². The molecule has 1 amide bonds. The van der Waals surface area contributed by atoms with E-state index in [1.165, 1.54) is 24.3 Å². The molecule has 0 fully saturated rings. The summed E-state index contributed by atoms with van der Waals surface area (Å²) in [6.45, 7) is 0. The summed E-state index contributed by atoms with van der Waals surface area (Å²) < 4.78 is 0. The summed E-state index contributed by atoms with van der Waals surface area (Å²) in [6, 6.07) is 5.43. The Bertz CT molecular complexity index is 240. The van der Waals surface area contributed by atoms with E-state index >= 15 is 0 Å². The molecule has 0 bridgehead atoms. The molecule has 1 aromatic rings. The molecule has 0 unspecified atom stereocenters. The molecule has 1 rings (SSSR count). The van der Waals surface area contributed by atoms with Gasteiger partial charge in [0.25, 0.3) is 0 Å². The highest BCUT2D eigenvalue weighted by Crippen LogP contribution is 2.05. The van der Waals surface area contributed by atoms with Crippen molar-refractivity contribution in [2.75, 3.05) is 0 Å². The number of benzene rings is 1. The third kappa shape index (κ3) is 1.25. The van der Waals surface area contributed by atoms with Gasteiger partial charge in [-0.15, -0.1) is 5.75 Å². The van der Waals surface area contributed by atoms with Crippen LogP contribution in [0.4, 0.5) is 0 Å². The molecule has 52 valence electrons. The van der Waals surface area contributed by atoms with Crippen LogP contribution in [0.2, 0.25) is 0 Å². The molecule has 1 aromatic carbocycles. The molecule has 0 spiro atoms. The summed E-state index contributed by atoms with van der Waals surface area (Å²) in [4.78, 5) is 10.4. The Balaban J connectivity index is 3.00. The highest BCUT2D eigenvalue weighted by molar-refractivity contribution is 5.92. The van der Waals surface area contributed by atoms with Crippen LogP contribution < -0.4 is 10.8 Å².